The molecule has 1 heteroatoms. The minimum atomic E-state index is 0. The first-order valence-electron chi connectivity index (χ1n) is 5.17. The van der Waals surface area contributed by atoms with Crippen molar-refractivity contribution in [3.63, 3.8) is 0 Å². The van der Waals surface area contributed by atoms with E-state index in [0.29, 0.717) is 0 Å². The van der Waals surface area contributed by atoms with Gasteiger partial charge in [-0.1, -0.05) is 40.3 Å². The lowest BCUT2D eigenvalue weighted by Gasteiger charge is -2.19. The first-order chi connectivity index (χ1) is 6.39. The van der Waals surface area contributed by atoms with E-state index in [1.165, 1.54) is 5.56 Å². The Morgan fingerprint density at radius 1 is 1.00 bits per heavy atom. The van der Waals surface area contributed by atoms with Gasteiger partial charge in [0.05, 0.1) is 6.10 Å². The molecule has 0 atom stereocenters. The van der Waals surface area contributed by atoms with Crippen LogP contribution in [0.25, 0.3) is 0 Å². The van der Waals surface area contributed by atoms with Crippen molar-refractivity contribution in [1.29, 1.82) is 0 Å². The van der Waals surface area contributed by atoms with Gasteiger partial charge >= 0.3 is 0 Å². The summed E-state index contributed by atoms with van der Waals surface area (Å²) < 4.78 is 5.58. The smallest absolute Gasteiger partial charge is 0.119 e. The second-order valence-corrected chi connectivity index (χ2v) is 4.94. The fourth-order valence-corrected chi connectivity index (χ4v) is 1.31. The van der Waals surface area contributed by atoms with Gasteiger partial charge < -0.3 is 4.74 Å². The Balaban J connectivity index is 0.00000196. The molecule has 1 aromatic rings. The normalized spacial score (nSPS) is 11.1. The van der Waals surface area contributed by atoms with E-state index in [2.05, 4.69) is 32.9 Å². The zero-order valence-electron chi connectivity index (χ0n) is 9.79. The minimum absolute atomic E-state index is 0. The van der Waals surface area contributed by atoms with Crippen molar-refractivity contribution in [1.82, 2.24) is 0 Å². The van der Waals surface area contributed by atoms with Crippen LogP contribution in [-0.4, -0.2) is 6.10 Å². The largest absolute Gasteiger partial charge is 0.491 e. The lowest BCUT2D eigenvalue weighted by atomic mass is 9.87. The first kappa shape index (κ1) is 14.0. The van der Waals surface area contributed by atoms with Gasteiger partial charge in [0.2, 0.25) is 0 Å². The average molecular weight is 208 g/mol. The van der Waals surface area contributed by atoms with E-state index in [9.17, 15) is 0 Å². The summed E-state index contributed by atoms with van der Waals surface area (Å²) in [6, 6.07) is 8.36. The van der Waals surface area contributed by atoms with Gasteiger partial charge in [0.25, 0.3) is 0 Å². The molecule has 0 saturated heterocycles. The van der Waals surface area contributed by atoms with E-state index in [0.717, 1.165) is 5.75 Å². The van der Waals surface area contributed by atoms with E-state index in [4.69, 9.17) is 4.74 Å². The van der Waals surface area contributed by atoms with Gasteiger partial charge in [0, 0.05) is 0 Å². The van der Waals surface area contributed by atoms with Crippen LogP contribution in [0.4, 0.5) is 0 Å². The zero-order chi connectivity index (χ0) is 10.8. The highest BCUT2D eigenvalue weighted by molar-refractivity contribution is 5.31. The lowest BCUT2D eigenvalue weighted by molar-refractivity contribution is 0.242. The van der Waals surface area contributed by atoms with Gasteiger partial charge in [-0.3, -0.25) is 0 Å². The fourth-order valence-electron chi connectivity index (χ4n) is 1.31. The van der Waals surface area contributed by atoms with Crippen molar-refractivity contribution in [2.45, 2.75) is 53.6 Å². The molecule has 0 unspecified atom stereocenters. The maximum Gasteiger partial charge on any atom is 0.119 e. The fraction of sp³-hybridized carbons (Fsp3) is 0.571. The first-order valence-corrected chi connectivity index (χ1v) is 5.17. The molecule has 0 aliphatic heterocycles. The molecule has 0 saturated carbocycles. The standard InChI is InChI=1S/C13H20O.CH4/c1-10(2)14-12-8-6-11(7-9-12)13(3,4)5;/h6-10H,1-5H3;1H4. The molecule has 1 nitrogen and oxygen atoms in total. The van der Waals surface area contributed by atoms with Crippen LogP contribution in [0.1, 0.15) is 47.6 Å². The maximum absolute atomic E-state index is 5.58. The highest BCUT2D eigenvalue weighted by atomic mass is 16.5. The van der Waals surface area contributed by atoms with Crippen molar-refractivity contribution >= 4 is 0 Å². The molecule has 0 aliphatic rings. The summed E-state index contributed by atoms with van der Waals surface area (Å²) in [6.45, 7) is 10.7. The third-order valence-corrected chi connectivity index (χ3v) is 2.09. The second kappa shape index (κ2) is 5.20. The van der Waals surface area contributed by atoms with Gasteiger partial charge in [0.15, 0.2) is 0 Å². The Bertz CT molecular complexity index is 277. The molecule has 0 aromatic heterocycles. The summed E-state index contributed by atoms with van der Waals surface area (Å²) in [5.41, 5.74) is 1.56. The summed E-state index contributed by atoms with van der Waals surface area (Å²) in [6.07, 6.45) is 0.246. The number of rotatable bonds is 2. The molecule has 86 valence electrons. The number of hydrogen-bond donors (Lipinski definition) is 0. The minimum Gasteiger partial charge on any atom is -0.491 e. The molecule has 1 rings (SSSR count). The third kappa shape index (κ3) is 4.37. The van der Waals surface area contributed by atoms with E-state index >= 15 is 0 Å². The van der Waals surface area contributed by atoms with Crippen LogP contribution in [0.2, 0.25) is 0 Å². The highest BCUT2D eigenvalue weighted by Gasteiger charge is 2.12. The van der Waals surface area contributed by atoms with Crippen LogP contribution in [0.5, 0.6) is 5.75 Å². The van der Waals surface area contributed by atoms with Crippen molar-refractivity contribution in [2.24, 2.45) is 0 Å². The molecule has 0 amide bonds. The molecule has 0 bridgehead atoms. The Morgan fingerprint density at radius 2 is 1.47 bits per heavy atom. The average Bonchev–Trinajstić information content (AvgIpc) is 2.02. The molecule has 0 heterocycles. The summed E-state index contributed by atoms with van der Waals surface area (Å²) in [4.78, 5) is 0. The van der Waals surface area contributed by atoms with Gasteiger partial charge in [-0.25, -0.2) is 0 Å². The topological polar surface area (TPSA) is 9.23 Å². The van der Waals surface area contributed by atoms with Crippen LogP contribution in [0, 0.1) is 0 Å². The van der Waals surface area contributed by atoms with Crippen LogP contribution in [0.15, 0.2) is 24.3 Å². The molecule has 1 aromatic carbocycles. The van der Waals surface area contributed by atoms with E-state index < -0.39 is 0 Å². The molecule has 0 fully saturated rings. The van der Waals surface area contributed by atoms with Crippen LogP contribution in [-0.2, 0) is 5.41 Å². The van der Waals surface area contributed by atoms with Crippen LogP contribution >= 0.6 is 0 Å². The molecule has 0 aliphatic carbocycles. The van der Waals surface area contributed by atoms with E-state index in [-0.39, 0.29) is 18.9 Å². The summed E-state index contributed by atoms with van der Waals surface area (Å²) in [5.74, 6) is 0.952. The number of benzene rings is 1. The predicted molar refractivity (Wildman–Crippen MR) is 67.6 cm³/mol. The van der Waals surface area contributed by atoms with Gasteiger partial charge in [0.1, 0.15) is 5.75 Å². The second-order valence-electron chi connectivity index (χ2n) is 4.94. The van der Waals surface area contributed by atoms with E-state index in [1.54, 1.807) is 0 Å². The Hall–Kier alpha value is -0.980. The Morgan fingerprint density at radius 3 is 1.80 bits per heavy atom. The monoisotopic (exact) mass is 208 g/mol. The van der Waals surface area contributed by atoms with Crippen molar-refractivity contribution < 1.29 is 4.74 Å². The number of ether oxygens (including phenoxy) is 1. The summed E-state index contributed by atoms with van der Waals surface area (Å²) in [7, 11) is 0. The summed E-state index contributed by atoms with van der Waals surface area (Å²) in [5, 5.41) is 0. The molecule has 0 N–H and O–H groups in total. The van der Waals surface area contributed by atoms with Crippen molar-refractivity contribution in [3.05, 3.63) is 29.8 Å². The molecular weight excluding hydrogens is 184 g/mol. The predicted octanol–water partition coefficient (Wildman–Crippen LogP) is 4.41. The molecule has 0 radical (unpaired) electrons. The quantitative estimate of drug-likeness (QED) is 0.699. The molecule has 15 heavy (non-hydrogen) atoms. The maximum atomic E-state index is 5.58. The van der Waals surface area contributed by atoms with Crippen molar-refractivity contribution in [3.8, 4) is 5.75 Å². The van der Waals surface area contributed by atoms with Gasteiger partial charge in [-0.2, -0.15) is 0 Å². The SMILES string of the molecule is C.CC(C)Oc1ccc(C(C)(C)C)cc1. The van der Waals surface area contributed by atoms with E-state index in [1.807, 2.05) is 26.0 Å². The third-order valence-electron chi connectivity index (χ3n) is 2.09. The highest BCUT2D eigenvalue weighted by Crippen LogP contribution is 2.24. The zero-order valence-corrected chi connectivity index (χ0v) is 9.79. The van der Waals surface area contributed by atoms with Crippen LogP contribution < -0.4 is 4.74 Å². The Kier molecular flexibility index (Phi) is 4.86. The van der Waals surface area contributed by atoms with Gasteiger partial charge in [-0.05, 0) is 37.0 Å². The van der Waals surface area contributed by atoms with Crippen LogP contribution in [0.3, 0.4) is 0 Å². The van der Waals surface area contributed by atoms with Gasteiger partial charge in [-0.15, -0.1) is 0 Å². The lowest BCUT2D eigenvalue weighted by Crippen LogP contribution is -2.11. The Labute approximate surface area is 94.5 Å². The molecule has 0 spiro atoms. The van der Waals surface area contributed by atoms with Crippen molar-refractivity contribution in [2.75, 3.05) is 0 Å². The molecular formula is C14H24O. The number of hydrogen-bond acceptors (Lipinski definition) is 1. The summed E-state index contributed by atoms with van der Waals surface area (Å²) >= 11 is 0.